The maximum Gasteiger partial charge on any atom is 0.114 e. The van der Waals surface area contributed by atoms with E-state index in [-0.39, 0.29) is 17.8 Å². The third-order valence-corrected chi connectivity index (χ3v) is 5.35. The van der Waals surface area contributed by atoms with Crippen LogP contribution in [0.15, 0.2) is 0 Å². The van der Waals surface area contributed by atoms with Crippen LogP contribution in [0.4, 0.5) is 0 Å². The fraction of sp³-hybridized carbons (Fsp3) is 1.00. The highest BCUT2D eigenvalue weighted by molar-refractivity contribution is 5.06. The first-order valence-electron chi connectivity index (χ1n) is 8.05. The molecule has 118 valence electrons. The van der Waals surface area contributed by atoms with Gasteiger partial charge in [0, 0.05) is 6.54 Å². The van der Waals surface area contributed by atoms with Crippen LogP contribution in [0.25, 0.3) is 0 Å². The number of fused-ring (bicyclic) bond motifs is 2. The molecule has 2 bridgehead atoms. The zero-order valence-corrected chi connectivity index (χ0v) is 13.7. The fourth-order valence-electron chi connectivity index (χ4n) is 3.60. The molecule has 1 N–H and O–H groups in total. The van der Waals surface area contributed by atoms with Gasteiger partial charge in [0.2, 0.25) is 0 Å². The van der Waals surface area contributed by atoms with Crippen molar-refractivity contribution in [3.63, 3.8) is 0 Å². The Morgan fingerprint density at radius 2 is 1.85 bits per heavy atom. The first-order chi connectivity index (χ1) is 9.31. The molecule has 20 heavy (non-hydrogen) atoms. The van der Waals surface area contributed by atoms with Crippen molar-refractivity contribution in [2.24, 2.45) is 5.92 Å². The lowest BCUT2D eigenvalue weighted by atomic mass is 9.73. The quantitative estimate of drug-likeness (QED) is 0.811. The van der Waals surface area contributed by atoms with Crippen molar-refractivity contribution >= 4 is 0 Å². The van der Waals surface area contributed by atoms with Crippen LogP contribution in [0.1, 0.15) is 47.5 Å². The molecular weight excluding hydrogens is 254 g/mol. The molecule has 2 aliphatic rings. The molecule has 1 heterocycles. The van der Waals surface area contributed by atoms with Crippen LogP contribution in [0.3, 0.4) is 0 Å². The van der Waals surface area contributed by atoms with Gasteiger partial charge >= 0.3 is 0 Å². The van der Waals surface area contributed by atoms with Crippen molar-refractivity contribution in [2.75, 3.05) is 26.2 Å². The number of aliphatic hydroxyl groups is 1. The van der Waals surface area contributed by atoms with Gasteiger partial charge in [0.1, 0.15) is 5.60 Å². The van der Waals surface area contributed by atoms with Crippen LogP contribution in [0.2, 0.25) is 0 Å². The highest BCUT2D eigenvalue weighted by Gasteiger charge is 2.57. The minimum Gasteiger partial charge on any atom is -0.385 e. The number of hydrogen-bond acceptors (Lipinski definition) is 4. The van der Waals surface area contributed by atoms with Crippen LogP contribution in [-0.2, 0) is 9.47 Å². The minimum absolute atomic E-state index is 0.0882. The predicted molar refractivity (Wildman–Crippen MR) is 79.8 cm³/mol. The molecule has 1 aliphatic heterocycles. The zero-order chi connectivity index (χ0) is 15.0. The van der Waals surface area contributed by atoms with Crippen LogP contribution < -0.4 is 0 Å². The van der Waals surface area contributed by atoms with E-state index in [1.807, 2.05) is 6.92 Å². The summed E-state index contributed by atoms with van der Waals surface area (Å²) in [6.45, 7) is 14.2. The molecule has 2 rings (SSSR count). The third-order valence-electron chi connectivity index (χ3n) is 5.35. The lowest BCUT2D eigenvalue weighted by molar-refractivity contribution is -0.174. The summed E-state index contributed by atoms with van der Waals surface area (Å²) >= 11 is 0. The van der Waals surface area contributed by atoms with E-state index < -0.39 is 5.60 Å². The average Bonchev–Trinajstić information content (AvgIpc) is 2.65. The molecule has 0 amide bonds. The van der Waals surface area contributed by atoms with E-state index in [0.29, 0.717) is 12.5 Å². The largest absolute Gasteiger partial charge is 0.385 e. The molecule has 4 nitrogen and oxygen atoms in total. The number of hydrogen-bond donors (Lipinski definition) is 1. The summed E-state index contributed by atoms with van der Waals surface area (Å²) in [5.74, 6) is 0.492. The Morgan fingerprint density at radius 1 is 1.20 bits per heavy atom. The second-order valence-electron chi connectivity index (χ2n) is 6.99. The Bertz CT molecular complexity index is 326. The third kappa shape index (κ3) is 3.03. The molecular formula is C16H31NO3. The Hall–Kier alpha value is -0.160. The van der Waals surface area contributed by atoms with Crippen molar-refractivity contribution < 1.29 is 14.6 Å². The standard InChI is InChI=1S/C16H31NO3/c1-6-17(7-2)8-9-19-13-10-12-11-14(16(13,5)18)20-15(12,3)4/h12-14,18H,6-11H2,1-5H3/t12-,13?,14-,16-/m1/s1. The lowest BCUT2D eigenvalue weighted by Gasteiger charge is -2.40. The van der Waals surface area contributed by atoms with E-state index in [9.17, 15) is 5.11 Å². The Labute approximate surface area is 123 Å². The maximum absolute atomic E-state index is 10.8. The summed E-state index contributed by atoms with van der Waals surface area (Å²) in [7, 11) is 0. The van der Waals surface area contributed by atoms with Gasteiger partial charge in [-0.15, -0.1) is 0 Å². The lowest BCUT2D eigenvalue weighted by Crippen LogP contribution is -2.53. The van der Waals surface area contributed by atoms with Crippen molar-refractivity contribution in [3.05, 3.63) is 0 Å². The van der Waals surface area contributed by atoms with E-state index in [4.69, 9.17) is 9.47 Å². The van der Waals surface area contributed by atoms with Gasteiger partial charge in [-0.2, -0.15) is 0 Å². The summed E-state index contributed by atoms with van der Waals surface area (Å²) in [5, 5.41) is 10.8. The molecule has 0 radical (unpaired) electrons. The molecule has 0 aromatic heterocycles. The van der Waals surface area contributed by atoms with Crippen LogP contribution in [0, 0.1) is 5.92 Å². The summed E-state index contributed by atoms with van der Waals surface area (Å²) in [5.41, 5.74) is -1.00. The van der Waals surface area contributed by atoms with Gasteiger partial charge in [-0.1, -0.05) is 13.8 Å². The van der Waals surface area contributed by atoms with Gasteiger partial charge in [0.15, 0.2) is 0 Å². The first kappa shape index (κ1) is 16.2. The molecule has 1 saturated carbocycles. The second-order valence-corrected chi connectivity index (χ2v) is 6.99. The molecule has 1 aliphatic carbocycles. The number of nitrogens with zero attached hydrogens (tertiary/aromatic N) is 1. The molecule has 4 heteroatoms. The number of likely N-dealkylation sites (N-methyl/N-ethyl adjacent to an activating group) is 1. The fourth-order valence-corrected chi connectivity index (χ4v) is 3.60. The van der Waals surface area contributed by atoms with Crippen molar-refractivity contribution in [1.29, 1.82) is 0 Å². The van der Waals surface area contributed by atoms with Crippen LogP contribution in [-0.4, -0.2) is 59.7 Å². The first-order valence-corrected chi connectivity index (χ1v) is 8.05. The van der Waals surface area contributed by atoms with E-state index in [1.54, 1.807) is 0 Å². The number of ether oxygens (including phenoxy) is 2. The maximum atomic E-state index is 10.8. The highest BCUT2D eigenvalue weighted by atomic mass is 16.5. The summed E-state index contributed by atoms with van der Waals surface area (Å²) in [6, 6.07) is 0. The second kappa shape index (κ2) is 5.91. The number of rotatable bonds is 6. The average molecular weight is 285 g/mol. The molecule has 0 aromatic rings. The Morgan fingerprint density at radius 3 is 2.45 bits per heavy atom. The predicted octanol–water partition coefficient (Wildman–Crippen LogP) is 2.05. The minimum atomic E-state index is -0.868. The normalized spacial score (nSPS) is 39.5. The monoisotopic (exact) mass is 285 g/mol. The molecule has 0 spiro atoms. The highest BCUT2D eigenvalue weighted by Crippen LogP contribution is 2.49. The summed E-state index contributed by atoms with van der Waals surface area (Å²) < 4.78 is 12.1. The van der Waals surface area contributed by atoms with Crippen LogP contribution in [0.5, 0.6) is 0 Å². The Balaban J connectivity index is 1.92. The van der Waals surface area contributed by atoms with E-state index in [1.165, 1.54) is 0 Å². The molecule has 2 fully saturated rings. The van der Waals surface area contributed by atoms with Crippen LogP contribution >= 0.6 is 0 Å². The summed E-state index contributed by atoms with van der Waals surface area (Å²) in [4.78, 5) is 2.34. The van der Waals surface area contributed by atoms with Gasteiger partial charge in [0.05, 0.1) is 24.4 Å². The Kier molecular flexibility index (Phi) is 4.80. The molecule has 4 atom stereocenters. The van der Waals surface area contributed by atoms with Crippen molar-refractivity contribution in [3.8, 4) is 0 Å². The van der Waals surface area contributed by atoms with Gasteiger partial charge in [-0.3, -0.25) is 0 Å². The van der Waals surface area contributed by atoms with Crippen molar-refractivity contribution in [1.82, 2.24) is 4.90 Å². The van der Waals surface area contributed by atoms with Gasteiger partial charge in [-0.25, -0.2) is 0 Å². The molecule has 1 saturated heterocycles. The van der Waals surface area contributed by atoms with Gasteiger partial charge in [-0.05, 0) is 52.6 Å². The van der Waals surface area contributed by atoms with E-state index in [2.05, 4.69) is 32.6 Å². The van der Waals surface area contributed by atoms with E-state index >= 15 is 0 Å². The van der Waals surface area contributed by atoms with Gasteiger partial charge < -0.3 is 19.5 Å². The van der Waals surface area contributed by atoms with Crippen molar-refractivity contribution in [2.45, 2.75) is 70.9 Å². The summed E-state index contributed by atoms with van der Waals surface area (Å²) in [6.07, 6.45) is 1.66. The molecule has 0 aromatic carbocycles. The van der Waals surface area contributed by atoms with Gasteiger partial charge in [0.25, 0.3) is 0 Å². The van der Waals surface area contributed by atoms with E-state index in [0.717, 1.165) is 32.5 Å². The topological polar surface area (TPSA) is 41.9 Å². The molecule has 1 unspecified atom stereocenters. The zero-order valence-electron chi connectivity index (χ0n) is 13.7. The smallest absolute Gasteiger partial charge is 0.114 e. The SMILES string of the molecule is CCN(CC)CCOC1C[C@@H]2C[C@@H](OC2(C)C)[C@]1(C)O.